The average Bonchev–Trinajstić information content (AvgIpc) is 3.26. The van der Waals surface area contributed by atoms with Crippen molar-refractivity contribution in [2.75, 3.05) is 0 Å². The molecule has 1 aliphatic carbocycles. The first-order chi connectivity index (χ1) is 10.9. The van der Waals surface area contributed by atoms with Gasteiger partial charge in [0.05, 0.1) is 6.04 Å². The summed E-state index contributed by atoms with van der Waals surface area (Å²) in [5.41, 5.74) is 4.57. The monoisotopic (exact) mass is 326 g/mol. The number of nitrogens with zero attached hydrogens (tertiary/aromatic N) is 1. The quantitative estimate of drug-likeness (QED) is 0.687. The van der Waals surface area contributed by atoms with Gasteiger partial charge in [0.2, 0.25) is 0 Å². The Morgan fingerprint density at radius 2 is 2.05 bits per heavy atom. The highest BCUT2D eigenvalue weighted by atomic mass is 32.1. The third-order valence-electron chi connectivity index (χ3n) is 4.87. The summed E-state index contributed by atoms with van der Waals surface area (Å²) in [4.78, 5) is 3.04. The minimum atomic E-state index is 0.314. The van der Waals surface area contributed by atoms with Gasteiger partial charge in [-0.25, -0.2) is 0 Å². The summed E-state index contributed by atoms with van der Waals surface area (Å²) in [6.07, 6.45) is 7.49. The van der Waals surface area contributed by atoms with Crippen molar-refractivity contribution in [1.29, 1.82) is 0 Å². The maximum atomic E-state index is 3.81. The van der Waals surface area contributed by atoms with Crippen molar-refractivity contribution >= 4 is 22.7 Å². The van der Waals surface area contributed by atoms with Gasteiger partial charge in [0.1, 0.15) is 5.00 Å². The average molecular weight is 326 g/mol. The predicted molar refractivity (Wildman–Crippen MR) is 93.3 cm³/mol. The molecule has 0 unspecified atom stereocenters. The van der Waals surface area contributed by atoms with Gasteiger partial charge in [-0.1, -0.05) is 6.07 Å². The lowest BCUT2D eigenvalue weighted by atomic mass is 9.95. The van der Waals surface area contributed by atoms with E-state index in [4.69, 9.17) is 0 Å². The van der Waals surface area contributed by atoms with Crippen molar-refractivity contribution in [2.24, 2.45) is 0 Å². The Kier molecular flexibility index (Phi) is 3.03. The highest BCUT2D eigenvalue weighted by Gasteiger charge is 2.28. The molecule has 1 aliphatic heterocycles. The maximum Gasteiger partial charge on any atom is 0.104 e. The molecule has 5 rings (SSSR count). The van der Waals surface area contributed by atoms with Gasteiger partial charge < -0.3 is 9.88 Å². The zero-order valence-corrected chi connectivity index (χ0v) is 14.0. The number of thiophene rings is 2. The largest absolute Gasteiger partial charge is 0.310 e. The molecule has 0 saturated heterocycles. The van der Waals surface area contributed by atoms with E-state index in [1.807, 2.05) is 22.7 Å². The molecular weight excluding hydrogens is 308 g/mol. The third-order valence-corrected chi connectivity index (χ3v) is 7.14. The lowest BCUT2D eigenvalue weighted by molar-refractivity contribution is 0.602. The van der Waals surface area contributed by atoms with Crippen molar-refractivity contribution in [2.45, 2.75) is 38.3 Å². The highest BCUT2D eigenvalue weighted by molar-refractivity contribution is 7.15. The molecule has 4 heterocycles. The smallest absolute Gasteiger partial charge is 0.104 e. The van der Waals surface area contributed by atoms with E-state index in [2.05, 4.69) is 45.7 Å². The van der Waals surface area contributed by atoms with Crippen LogP contribution in [0.3, 0.4) is 0 Å². The SMILES string of the molecule is c1csc([C@@H]2NCc3c(sc4c3CCCC4)-n3cccc32)c1. The normalized spacial score (nSPS) is 20.1. The second-order valence-electron chi connectivity index (χ2n) is 6.13. The molecule has 2 nitrogen and oxygen atoms in total. The van der Waals surface area contributed by atoms with E-state index in [-0.39, 0.29) is 0 Å². The molecule has 0 saturated carbocycles. The van der Waals surface area contributed by atoms with Crippen LogP contribution in [0.1, 0.15) is 45.5 Å². The van der Waals surface area contributed by atoms with Crippen LogP contribution in [0, 0.1) is 0 Å². The number of nitrogens with one attached hydrogen (secondary N) is 1. The van der Waals surface area contributed by atoms with Crippen molar-refractivity contribution in [3.8, 4) is 5.00 Å². The van der Waals surface area contributed by atoms with E-state index in [1.54, 1.807) is 16.0 Å². The van der Waals surface area contributed by atoms with Crippen LogP contribution in [0.15, 0.2) is 35.8 Å². The molecule has 2 aliphatic rings. The van der Waals surface area contributed by atoms with Crippen molar-refractivity contribution in [3.63, 3.8) is 0 Å². The molecule has 0 bridgehead atoms. The van der Waals surface area contributed by atoms with Crippen LogP contribution in [-0.4, -0.2) is 4.57 Å². The van der Waals surface area contributed by atoms with Gasteiger partial charge in [-0.2, -0.15) is 0 Å². The fraction of sp³-hybridized carbons (Fsp3) is 0.333. The lowest BCUT2D eigenvalue weighted by Crippen LogP contribution is -2.21. The summed E-state index contributed by atoms with van der Waals surface area (Å²) in [6.45, 7) is 0.991. The van der Waals surface area contributed by atoms with Crippen molar-refractivity contribution in [3.05, 3.63) is 62.4 Å². The summed E-state index contributed by atoms with van der Waals surface area (Å²) in [5.74, 6) is 0. The van der Waals surface area contributed by atoms with E-state index in [1.165, 1.54) is 41.3 Å². The molecular formula is C18H18N2S2. The number of hydrogen-bond acceptors (Lipinski definition) is 3. The van der Waals surface area contributed by atoms with Crippen LogP contribution in [0.2, 0.25) is 0 Å². The third kappa shape index (κ3) is 1.87. The van der Waals surface area contributed by atoms with Gasteiger partial charge in [0.25, 0.3) is 0 Å². The minimum Gasteiger partial charge on any atom is -0.310 e. The van der Waals surface area contributed by atoms with Crippen LogP contribution >= 0.6 is 22.7 Å². The molecule has 0 fully saturated rings. The minimum absolute atomic E-state index is 0.314. The van der Waals surface area contributed by atoms with Crippen LogP contribution in [0.25, 0.3) is 5.00 Å². The predicted octanol–water partition coefficient (Wildman–Crippen LogP) is 4.67. The van der Waals surface area contributed by atoms with Crippen LogP contribution in [-0.2, 0) is 19.4 Å². The van der Waals surface area contributed by atoms with Gasteiger partial charge in [-0.3, -0.25) is 0 Å². The van der Waals surface area contributed by atoms with Gasteiger partial charge in [0, 0.05) is 33.8 Å². The molecule has 3 aromatic rings. The van der Waals surface area contributed by atoms with Gasteiger partial charge in [-0.15, -0.1) is 22.7 Å². The number of hydrogen-bond donors (Lipinski definition) is 1. The Morgan fingerprint density at radius 3 is 2.95 bits per heavy atom. The second kappa shape index (κ2) is 5.08. The zero-order chi connectivity index (χ0) is 14.5. The number of rotatable bonds is 1. The topological polar surface area (TPSA) is 17.0 Å². The summed E-state index contributed by atoms with van der Waals surface area (Å²) in [7, 11) is 0. The molecule has 112 valence electrons. The van der Waals surface area contributed by atoms with Crippen LogP contribution < -0.4 is 5.32 Å². The van der Waals surface area contributed by atoms with Gasteiger partial charge in [0.15, 0.2) is 0 Å². The number of aryl methyl sites for hydroxylation is 1. The summed E-state index contributed by atoms with van der Waals surface area (Å²) >= 11 is 3.87. The van der Waals surface area contributed by atoms with E-state index in [9.17, 15) is 0 Å². The second-order valence-corrected chi connectivity index (χ2v) is 8.19. The maximum absolute atomic E-state index is 3.81. The number of fused-ring (bicyclic) bond motifs is 5. The van der Waals surface area contributed by atoms with E-state index >= 15 is 0 Å². The standard InChI is InChI=1S/C18H18N2S2/c1-2-7-15-12(5-1)13-11-19-17(16-8-4-10-21-16)14-6-3-9-20(14)18(13)22-15/h3-4,6,8-10,17,19H,1-2,5,7,11H2/t17-/m1/s1. The van der Waals surface area contributed by atoms with E-state index in [0.29, 0.717) is 6.04 Å². The summed E-state index contributed by atoms with van der Waals surface area (Å²) in [6, 6.07) is 9.16. The summed E-state index contributed by atoms with van der Waals surface area (Å²) in [5, 5.41) is 7.45. The van der Waals surface area contributed by atoms with E-state index < -0.39 is 0 Å². The molecule has 4 heteroatoms. The Hall–Kier alpha value is -1.36. The first-order valence-corrected chi connectivity index (χ1v) is 9.69. The Morgan fingerprint density at radius 1 is 1.09 bits per heavy atom. The first kappa shape index (κ1) is 13.1. The molecule has 0 aromatic carbocycles. The summed E-state index contributed by atoms with van der Waals surface area (Å²) < 4.78 is 2.43. The Labute approximate surface area is 138 Å². The molecule has 0 spiro atoms. The van der Waals surface area contributed by atoms with Gasteiger partial charge in [-0.05, 0) is 54.8 Å². The number of aromatic nitrogens is 1. The lowest BCUT2D eigenvalue weighted by Gasteiger charge is -2.17. The molecule has 0 amide bonds. The molecule has 1 N–H and O–H groups in total. The molecule has 1 atom stereocenters. The fourth-order valence-corrected chi connectivity index (χ4v) is 6.04. The van der Waals surface area contributed by atoms with Gasteiger partial charge >= 0.3 is 0 Å². The van der Waals surface area contributed by atoms with Crippen molar-refractivity contribution < 1.29 is 0 Å². The Balaban J connectivity index is 1.68. The molecule has 22 heavy (non-hydrogen) atoms. The molecule has 0 radical (unpaired) electrons. The highest BCUT2D eigenvalue weighted by Crippen LogP contribution is 2.41. The first-order valence-electron chi connectivity index (χ1n) is 7.99. The zero-order valence-electron chi connectivity index (χ0n) is 12.3. The molecule has 3 aromatic heterocycles. The fourth-order valence-electron chi connectivity index (χ4n) is 3.82. The van der Waals surface area contributed by atoms with E-state index in [0.717, 1.165) is 6.54 Å². The van der Waals surface area contributed by atoms with Crippen molar-refractivity contribution in [1.82, 2.24) is 9.88 Å². The van der Waals surface area contributed by atoms with Crippen LogP contribution in [0.4, 0.5) is 0 Å². The Bertz CT molecular complexity index is 810. The van der Waals surface area contributed by atoms with Crippen LogP contribution in [0.5, 0.6) is 0 Å².